The highest BCUT2D eigenvalue weighted by Crippen LogP contribution is 2.22. The van der Waals surface area contributed by atoms with E-state index >= 15 is 0 Å². The summed E-state index contributed by atoms with van der Waals surface area (Å²) >= 11 is 0. The van der Waals surface area contributed by atoms with Crippen molar-refractivity contribution in [3.63, 3.8) is 0 Å². The maximum atomic E-state index is 11.9. The minimum atomic E-state index is -0.422. The molecule has 0 saturated carbocycles. The van der Waals surface area contributed by atoms with E-state index in [1.165, 1.54) is 11.6 Å². The third-order valence-electron chi connectivity index (χ3n) is 4.47. The van der Waals surface area contributed by atoms with Crippen molar-refractivity contribution in [2.24, 2.45) is 5.10 Å². The second kappa shape index (κ2) is 8.31. The summed E-state index contributed by atoms with van der Waals surface area (Å²) in [6.45, 7) is 8.09. The zero-order chi connectivity index (χ0) is 21.0. The number of benzene rings is 2. The second-order valence-corrected chi connectivity index (χ2v) is 7.86. The maximum Gasteiger partial charge on any atom is 0.336 e. The van der Waals surface area contributed by atoms with Crippen LogP contribution in [0, 0.1) is 6.92 Å². The molecule has 0 bridgehead atoms. The number of hydrogen-bond donors (Lipinski definition) is 1. The Morgan fingerprint density at radius 1 is 1.14 bits per heavy atom. The van der Waals surface area contributed by atoms with E-state index in [1.54, 1.807) is 24.4 Å². The fourth-order valence-electron chi connectivity index (χ4n) is 2.82. The molecule has 1 heterocycles. The number of carbonyl (C=O) groups is 1. The van der Waals surface area contributed by atoms with Crippen LogP contribution in [0.25, 0.3) is 11.0 Å². The van der Waals surface area contributed by atoms with E-state index in [1.807, 2.05) is 31.2 Å². The van der Waals surface area contributed by atoms with Crippen molar-refractivity contribution in [1.29, 1.82) is 0 Å². The fraction of sp³-hybridized carbons (Fsp3) is 0.261. The molecule has 6 nitrogen and oxygen atoms in total. The van der Waals surface area contributed by atoms with Crippen LogP contribution >= 0.6 is 0 Å². The smallest absolute Gasteiger partial charge is 0.336 e. The summed E-state index contributed by atoms with van der Waals surface area (Å²) in [6, 6.07) is 14.6. The Morgan fingerprint density at radius 3 is 2.55 bits per heavy atom. The molecule has 0 radical (unpaired) electrons. The number of fused-ring (bicyclic) bond motifs is 1. The van der Waals surface area contributed by atoms with Gasteiger partial charge in [-0.1, -0.05) is 45.0 Å². The van der Waals surface area contributed by atoms with Crippen LogP contribution in [0.15, 0.2) is 62.8 Å². The van der Waals surface area contributed by atoms with E-state index in [4.69, 9.17) is 9.15 Å². The number of hydrazone groups is 1. The Bertz CT molecular complexity index is 1110. The van der Waals surface area contributed by atoms with Crippen LogP contribution in [0.5, 0.6) is 5.75 Å². The van der Waals surface area contributed by atoms with Crippen molar-refractivity contribution in [1.82, 2.24) is 5.43 Å². The van der Waals surface area contributed by atoms with E-state index in [0.29, 0.717) is 11.3 Å². The topological polar surface area (TPSA) is 80.9 Å². The molecular weight excluding hydrogens is 368 g/mol. The third-order valence-corrected chi connectivity index (χ3v) is 4.47. The minimum absolute atomic E-state index is 0.0885. The van der Waals surface area contributed by atoms with Gasteiger partial charge in [-0.2, -0.15) is 5.10 Å². The molecule has 0 atom stereocenters. The molecule has 29 heavy (non-hydrogen) atoms. The standard InChI is InChI=1S/C23H24N2O4/c1-15-11-22(27)29-20-12-18(9-10-19(15)20)28-14-21(26)25-24-13-16-5-7-17(8-6-16)23(2,3)4/h5-13H,14H2,1-4H3,(H,25,26)/b24-13-. The molecule has 1 N–H and O–H groups in total. The summed E-state index contributed by atoms with van der Waals surface area (Å²) in [5, 5.41) is 4.78. The lowest BCUT2D eigenvalue weighted by atomic mass is 9.87. The summed E-state index contributed by atoms with van der Waals surface area (Å²) in [7, 11) is 0. The molecule has 0 unspecified atom stereocenters. The van der Waals surface area contributed by atoms with Gasteiger partial charge < -0.3 is 9.15 Å². The summed E-state index contributed by atoms with van der Waals surface area (Å²) in [5.41, 5.74) is 5.46. The first-order chi connectivity index (χ1) is 13.7. The fourth-order valence-corrected chi connectivity index (χ4v) is 2.82. The van der Waals surface area contributed by atoms with Crippen LogP contribution < -0.4 is 15.8 Å². The van der Waals surface area contributed by atoms with Gasteiger partial charge in [0.05, 0.1) is 6.21 Å². The zero-order valence-corrected chi connectivity index (χ0v) is 17.0. The molecule has 3 rings (SSSR count). The first kappa shape index (κ1) is 20.3. The highest BCUT2D eigenvalue weighted by Gasteiger charge is 2.12. The Morgan fingerprint density at radius 2 is 1.86 bits per heavy atom. The molecule has 3 aromatic rings. The number of ether oxygens (including phenoxy) is 1. The second-order valence-electron chi connectivity index (χ2n) is 7.86. The van der Waals surface area contributed by atoms with Gasteiger partial charge in [0.2, 0.25) is 0 Å². The number of rotatable bonds is 5. The third kappa shape index (κ3) is 5.31. The first-order valence-corrected chi connectivity index (χ1v) is 9.32. The van der Waals surface area contributed by atoms with Crippen LogP contribution in [0.2, 0.25) is 0 Å². The molecule has 1 amide bonds. The first-order valence-electron chi connectivity index (χ1n) is 9.32. The van der Waals surface area contributed by atoms with Gasteiger partial charge >= 0.3 is 5.63 Å². The van der Waals surface area contributed by atoms with E-state index in [2.05, 4.69) is 31.3 Å². The number of hydrogen-bond acceptors (Lipinski definition) is 5. The van der Waals surface area contributed by atoms with Crippen LogP contribution in [0.4, 0.5) is 0 Å². The average molecular weight is 392 g/mol. The average Bonchev–Trinajstić information content (AvgIpc) is 2.65. The van der Waals surface area contributed by atoms with Gasteiger partial charge in [0.25, 0.3) is 5.91 Å². The van der Waals surface area contributed by atoms with Crippen LogP contribution in [-0.2, 0) is 10.2 Å². The van der Waals surface area contributed by atoms with Crippen molar-refractivity contribution in [2.45, 2.75) is 33.1 Å². The summed E-state index contributed by atoms with van der Waals surface area (Å²) in [4.78, 5) is 23.4. The molecule has 2 aromatic carbocycles. The number of nitrogens with one attached hydrogen (secondary N) is 1. The molecule has 1 aromatic heterocycles. The van der Waals surface area contributed by atoms with E-state index in [-0.39, 0.29) is 12.0 Å². The van der Waals surface area contributed by atoms with Crippen molar-refractivity contribution in [3.05, 3.63) is 75.6 Å². The van der Waals surface area contributed by atoms with Gasteiger partial charge in [-0.15, -0.1) is 0 Å². The molecule has 0 saturated heterocycles. The van der Waals surface area contributed by atoms with Crippen LogP contribution in [-0.4, -0.2) is 18.7 Å². The van der Waals surface area contributed by atoms with Gasteiger partial charge in [0.15, 0.2) is 6.61 Å². The quantitative estimate of drug-likeness (QED) is 0.405. The molecule has 0 aliphatic heterocycles. The normalized spacial score (nSPS) is 11.7. The number of aryl methyl sites for hydroxylation is 1. The lowest BCUT2D eigenvalue weighted by molar-refractivity contribution is -0.123. The van der Waals surface area contributed by atoms with Gasteiger partial charge in [0, 0.05) is 17.5 Å². The minimum Gasteiger partial charge on any atom is -0.484 e. The van der Waals surface area contributed by atoms with E-state index < -0.39 is 11.5 Å². The zero-order valence-electron chi connectivity index (χ0n) is 17.0. The van der Waals surface area contributed by atoms with Crippen molar-refractivity contribution < 1.29 is 13.9 Å². The summed E-state index contributed by atoms with van der Waals surface area (Å²) in [6.07, 6.45) is 1.58. The Labute approximate surface area is 169 Å². The van der Waals surface area contributed by atoms with Gasteiger partial charge in [-0.25, -0.2) is 10.2 Å². The molecule has 0 aliphatic rings. The highest BCUT2D eigenvalue weighted by molar-refractivity contribution is 5.83. The highest BCUT2D eigenvalue weighted by atomic mass is 16.5. The Hall–Kier alpha value is -3.41. The maximum absolute atomic E-state index is 11.9. The summed E-state index contributed by atoms with van der Waals surface area (Å²) in [5.74, 6) is 0.0431. The van der Waals surface area contributed by atoms with Crippen LogP contribution in [0.3, 0.4) is 0 Å². The van der Waals surface area contributed by atoms with Gasteiger partial charge in [-0.3, -0.25) is 4.79 Å². The molecule has 0 fully saturated rings. The van der Waals surface area contributed by atoms with Crippen molar-refractivity contribution >= 4 is 23.1 Å². The molecular formula is C23H24N2O4. The van der Waals surface area contributed by atoms with E-state index in [0.717, 1.165) is 16.5 Å². The van der Waals surface area contributed by atoms with Crippen molar-refractivity contribution in [2.75, 3.05) is 6.61 Å². The van der Waals surface area contributed by atoms with Crippen molar-refractivity contribution in [3.8, 4) is 5.75 Å². The van der Waals surface area contributed by atoms with Gasteiger partial charge in [0.1, 0.15) is 11.3 Å². The SMILES string of the molecule is Cc1cc(=O)oc2cc(OCC(=O)N/N=C\c3ccc(C(C)(C)C)cc3)ccc12. The molecule has 6 heteroatoms. The van der Waals surface area contributed by atoms with Crippen LogP contribution in [0.1, 0.15) is 37.5 Å². The molecule has 150 valence electrons. The number of amides is 1. The van der Waals surface area contributed by atoms with Gasteiger partial charge in [-0.05, 0) is 41.2 Å². The number of carbonyl (C=O) groups excluding carboxylic acids is 1. The number of nitrogens with zero attached hydrogens (tertiary/aromatic N) is 1. The largest absolute Gasteiger partial charge is 0.484 e. The predicted octanol–water partition coefficient (Wildman–Crippen LogP) is 3.93. The monoisotopic (exact) mass is 392 g/mol. The lowest BCUT2D eigenvalue weighted by Gasteiger charge is -2.18. The van der Waals surface area contributed by atoms with E-state index in [9.17, 15) is 9.59 Å². The lowest BCUT2D eigenvalue weighted by Crippen LogP contribution is -2.24. The summed E-state index contributed by atoms with van der Waals surface area (Å²) < 4.78 is 10.6. The molecule has 0 spiro atoms. The Kier molecular flexibility index (Phi) is 5.82. The molecule has 0 aliphatic carbocycles. The predicted molar refractivity (Wildman–Crippen MR) is 114 cm³/mol. The Balaban J connectivity index is 1.55.